The number of rotatable bonds is 6. The number of amides is 2. The molecule has 0 heterocycles. The number of hydrazone groups is 1. The van der Waals surface area contributed by atoms with Gasteiger partial charge in [-0.1, -0.05) is 42.5 Å². The largest absolute Gasteiger partial charge is 0.493 e. The van der Waals surface area contributed by atoms with Gasteiger partial charge in [-0.3, -0.25) is 0 Å². The van der Waals surface area contributed by atoms with Crippen molar-refractivity contribution in [3.8, 4) is 11.5 Å². The van der Waals surface area contributed by atoms with Crippen LogP contribution in [0.1, 0.15) is 11.1 Å². The summed E-state index contributed by atoms with van der Waals surface area (Å²) in [4.78, 5) is 10.7. The highest BCUT2D eigenvalue weighted by molar-refractivity contribution is 9.10. The van der Waals surface area contributed by atoms with Gasteiger partial charge in [0.1, 0.15) is 6.61 Å². The number of hydrogen-bond donors (Lipinski definition) is 2. The number of nitrogens with two attached hydrogens (primary N) is 1. The maximum absolute atomic E-state index is 10.7. The van der Waals surface area contributed by atoms with E-state index in [2.05, 4.69) is 44.7 Å². The summed E-state index contributed by atoms with van der Waals surface area (Å²) < 4.78 is 12.2. The van der Waals surface area contributed by atoms with Gasteiger partial charge in [0.2, 0.25) is 0 Å². The molecular weight excluding hydrogens is 410 g/mol. The van der Waals surface area contributed by atoms with E-state index in [0.29, 0.717) is 28.1 Å². The van der Waals surface area contributed by atoms with Gasteiger partial charge in [-0.05, 0) is 50.0 Å². The summed E-state index contributed by atoms with van der Waals surface area (Å²) in [7, 11) is 1.56. The molecule has 0 bridgehead atoms. The zero-order valence-electron chi connectivity index (χ0n) is 14.6. The van der Waals surface area contributed by atoms with E-state index in [0.717, 1.165) is 16.3 Å². The summed E-state index contributed by atoms with van der Waals surface area (Å²) in [5.74, 6) is 1.13. The van der Waals surface area contributed by atoms with Crippen LogP contribution >= 0.6 is 15.9 Å². The molecule has 0 atom stereocenters. The number of halogens is 1. The van der Waals surface area contributed by atoms with Crippen molar-refractivity contribution in [3.05, 3.63) is 70.2 Å². The van der Waals surface area contributed by atoms with Gasteiger partial charge in [0.15, 0.2) is 11.5 Å². The molecule has 2 amide bonds. The lowest BCUT2D eigenvalue weighted by Crippen LogP contribution is -2.24. The Balaban J connectivity index is 1.84. The number of primary amides is 1. The SMILES string of the molecule is COc1cc(/C=N\NC(N)=O)cc(Br)c1OCc1cccc2ccccc12. The van der Waals surface area contributed by atoms with Crippen molar-refractivity contribution in [2.75, 3.05) is 7.11 Å². The fourth-order valence-electron chi connectivity index (χ4n) is 2.69. The Morgan fingerprint density at radius 1 is 1.22 bits per heavy atom. The molecule has 0 aliphatic heterocycles. The number of urea groups is 1. The molecule has 3 aromatic carbocycles. The van der Waals surface area contributed by atoms with Crippen LogP contribution in [-0.2, 0) is 6.61 Å². The van der Waals surface area contributed by atoms with Crippen molar-refractivity contribution in [1.82, 2.24) is 5.43 Å². The molecule has 0 aliphatic carbocycles. The fraction of sp³-hybridized carbons (Fsp3) is 0.100. The third-order valence-corrected chi connectivity index (χ3v) is 4.48. The zero-order valence-corrected chi connectivity index (χ0v) is 16.2. The lowest BCUT2D eigenvalue weighted by molar-refractivity contribution is 0.249. The molecule has 3 N–H and O–H groups in total. The topological polar surface area (TPSA) is 85.9 Å². The highest BCUT2D eigenvalue weighted by Crippen LogP contribution is 2.37. The van der Waals surface area contributed by atoms with Crippen LogP contribution in [0.3, 0.4) is 0 Å². The molecule has 3 rings (SSSR count). The molecular formula is C20H18BrN3O3. The number of benzene rings is 3. The van der Waals surface area contributed by atoms with Crippen molar-refractivity contribution in [3.63, 3.8) is 0 Å². The Morgan fingerprint density at radius 2 is 2.00 bits per heavy atom. The molecule has 6 nitrogen and oxygen atoms in total. The Hall–Kier alpha value is -3.06. The second kappa shape index (κ2) is 8.55. The molecule has 0 radical (unpaired) electrons. The van der Waals surface area contributed by atoms with Crippen molar-refractivity contribution in [1.29, 1.82) is 0 Å². The van der Waals surface area contributed by atoms with Crippen LogP contribution in [0.5, 0.6) is 11.5 Å². The zero-order chi connectivity index (χ0) is 19.2. The van der Waals surface area contributed by atoms with E-state index in [1.807, 2.05) is 30.3 Å². The molecule has 0 saturated heterocycles. The lowest BCUT2D eigenvalue weighted by Gasteiger charge is -2.14. The van der Waals surface area contributed by atoms with E-state index in [4.69, 9.17) is 15.2 Å². The first-order chi connectivity index (χ1) is 13.1. The summed E-state index contributed by atoms with van der Waals surface area (Å²) in [6.07, 6.45) is 1.46. The Labute approximate surface area is 165 Å². The number of carbonyl (C=O) groups is 1. The molecule has 0 spiro atoms. The van der Waals surface area contributed by atoms with Gasteiger partial charge in [-0.25, -0.2) is 10.2 Å². The second-order valence-corrected chi connectivity index (χ2v) is 6.55. The summed E-state index contributed by atoms with van der Waals surface area (Å²) in [5, 5.41) is 6.06. The van der Waals surface area contributed by atoms with Crippen LogP contribution in [0.15, 0.2) is 64.2 Å². The van der Waals surface area contributed by atoms with Crippen molar-refractivity contribution in [2.24, 2.45) is 10.8 Å². The number of carbonyl (C=O) groups excluding carboxylic acids is 1. The van der Waals surface area contributed by atoms with Crippen LogP contribution in [0.4, 0.5) is 4.79 Å². The Kier molecular flexibility index (Phi) is 5.93. The van der Waals surface area contributed by atoms with Crippen LogP contribution < -0.4 is 20.6 Å². The van der Waals surface area contributed by atoms with Crippen LogP contribution in [0.2, 0.25) is 0 Å². The molecule has 0 aliphatic rings. The third-order valence-electron chi connectivity index (χ3n) is 3.89. The first kappa shape index (κ1) is 18.7. The minimum atomic E-state index is -0.729. The Morgan fingerprint density at radius 3 is 2.78 bits per heavy atom. The van der Waals surface area contributed by atoms with Crippen molar-refractivity contribution in [2.45, 2.75) is 6.61 Å². The average molecular weight is 428 g/mol. The average Bonchev–Trinajstić information content (AvgIpc) is 2.66. The second-order valence-electron chi connectivity index (χ2n) is 5.70. The van der Waals surface area contributed by atoms with Crippen LogP contribution in [0.25, 0.3) is 10.8 Å². The van der Waals surface area contributed by atoms with E-state index in [-0.39, 0.29) is 0 Å². The number of methoxy groups -OCH3 is 1. The standard InChI is InChI=1S/C20H18BrN3O3/c1-26-18-10-13(11-23-24-20(22)25)9-17(21)19(18)27-12-15-7-4-6-14-5-2-3-8-16(14)15/h2-11H,12H2,1H3,(H3,22,24,25)/b23-11-. The number of nitrogens with zero attached hydrogens (tertiary/aromatic N) is 1. The summed E-state index contributed by atoms with van der Waals surface area (Å²) in [6.45, 7) is 0.396. The minimum Gasteiger partial charge on any atom is -0.493 e. The van der Waals surface area contributed by atoms with Gasteiger partial charge in [-0.2, -0.15) is 5.10 Å². The first-order valence-electron chi connectivity index (χ1n) is 8.14. The van der Waals surface area contributed by atoms with E-state index < -0.39 is 6.03 Å². The van der Waals surface area contributed by atoms with Gasteiger partial charge in [0.05, 0.1) is 17.8 Å². The predicted molar refractivity (Wildman–Crippen MR) is 109 cm³/mol. The van der Waals surface area contributed by atoms with E-state index in [1.54, 1.807) is 13.2 Å². The van der Waals surface area contributed by atoms with Crippen LogP contribution in [0, 0.1) is 0 Å². The molecule has 27 heavy (non-hydrogen) atoms. The maximum Gasteiger partial charge on any atom is 0.332 e. The summed E-state index contributed by atoms with van der Waals surface area (Å²) >= 11 is 3.50. The molecule has 7 heteroatoms. The van der Waals surface area contributed by atoms with Gasteiger partial charge in [-0.15, -0.1) is 0 Å². The normalized spacial score (nSPS) is 10.9. The number of hydrogen-bond acceptors (Lipinski definition) is 4. The number of nitrogens with one attached hydrogen (secondary N) is 1. The quantitative estimate of drug-likeness (QED) is 0.456. The molecule has 0 unspecified atom stereocenters. The molecule has 0 aromatic heterocycles. The number of fused-ring (bicyclic) bond motifs is 1. The molecule has 3 aromatic rings. The number of ether oxygens (including phenoxy) is 2. The predicted octanol–water partition coefficient (Wildman–Crippen LogP) is 4.19. The fourth-order valence-corrected chi connectivity index (χ4v) is 3.27. The molecule has 0 fully saturated rings. The molecule has 138 valence electrons. The summed E-state index contributed by atoms with van der Waals surface area (Å²) in [6, 6.07) is 17.1. The van der Waals surface area contributed by atoms with Crippen molar-refractivity contribution < 1.29 is 14.3 Å². The maximum atomic E-state index is 10.7. The van der Waals surface area contributed by atoms with E-state index >= 15 is 0 Å². The van der Waals surface area contributed by atoms with Gasteiger partial charge in [0, 0.05) is 0 Å². The minimum absolute atomic E-state index is 0.396. The molecule has 0 saturated carbocycles. The Bertz CT molecular complexity index is 1000. The smallest absolute Gasteiger partial charge is 0.332 e. The monoisotopic (exact) mass is 427 g/mol. The van der Waals surface area contributed by atoms with Gasteiger partial charge >= 0.3 is 6.03 Å². The summed E-state index contributed by atoms with van der Waals surface area (Å²) in [5.41, 5.74) is 8.93. The van der Waals surface area contributed by atoms with Gasteiger partial charge < -0.3 is 15.2 Å². The van der Waals surface area contributed by atoms with Crippen LogP contribution in [-0.4, -0.2) is 19.4 Å². The van der Waals surface area contributed by atoms with Crippen molar-refractivity contribution >= 4 is 38.9 Å². The highest BCUT2D eigenvalue weighted by Gasteiger charge is 2.12. The highest BCUT2D eigenvalue weighted by atomic mass is 79.9. The lowest BCUT2D eigenvalue weighted by atomic mass is 10.1. The van der Waals surface area contributed by atoms with Gasteiger partial charge in [0.25, 0.3) is 0 Å². The van der Waals surface area contributed by atoms with E-state index in [9.17, 15) is 4.79 Å². The first-order valence-corrected chi connectivity index (χ1v) is 8.93. The van der Waals surface area contributed by atoms with E-state index in [1.165, 1.54) is 6.21 Å². The third kappa shape index (κ3) is 4.57.